The first kappa shape index (κ1) is 14.4. The minimum atomic E-state index is -1.31. The van der Waals surface area contributed by atoms with Gasteiger partial charge in [-0.3, -0.25) is 4.98 Å². The van der Waals surface area contributed by atoms with Gasteiger partial charge in [-0.2, -0.15) is 0 Å². The van der Waals surface area contributed by atoms with Crippen molar-refractivity contribution < 1.29 is 14.7 Å². The van der Waals surface area contributed by atoms with E-state index in [1.807, 2.05) is 6.07 Å². The van der Waals surface area contributed by atoms with Gasteiger partial charge in [-0.05, 0) is 41.4 Å². The second-order valence-corrected chi connectivity index (χ2v) is 5.16. The zero-order valence-electron chi connectivity index (χ0n) is 10.0. The molecular formula is C11H14BrN3O3. The molecule has 0 aliphatic heterocycles. The number of urea groups is 1. The van der Waals surface area contributed by atoms with E-state index < -0.39 is 17.5 Å². The first-order valence-electron chi connectivity index (χ1n) is 5.20. The van der Waals surface area contributed by atoms with E-state index in [0.717, 1.165) is 10.0 Å². The average molecular weight is 316 g/mol. The Morgan fingerprint density at radius 1 is 1.44 bits per heavy atom. The fraction of sp³-hybridized carbons (Fsp3) is 0.364. The number of amides is 2. The van der Waals surface area contributed by atoms with Crippen molar-refractivity contribution in [3.8, 4) is 0 Å². The summed E-state index contributed by atoms with van der Waals surface area (Å²) in [6.45, 7) is 3.10. The largest absolute Gasteiger partial charge is 0.480 e. The van der Waals surface area contributed by atoms with Crippen molar-refractivity contribution in [1.29, 1.82) is 0 Å². The number of hydrogen-bond acceptors (Lipinski definition) is 3. The fourth-order valence-electron chi connectivity index (χ4n) is 1.12. The monoisotopic (exact) mass is 315 g/mol. The SMILES string of the molecule is CC(C)(NC(=O)NCc1cncc(Br)c1)C(=O)O. The van der Waals surface area contributed by atoms with Crippen LogP contribution >= 0.6 is 15.9 Å². The van der Waals surface area contributed by atoms with Gasteiger partial charge in [0.25, 0.3) is 0 Å². The Morgan fingerprint density at radius 2 is 2.11 bits per heavy atom. The van der Waals surface area contributed by atoms with Crippen molar-refractivity contribution in [3.63, 3.8) is 0 Å². The number of nitrogens with one attached hydrogen (secondary N) is 2. The molecule has 0 aliphatic carbocycles. The lowest BCUT2D eigenvalue weighted by atomic mass is 10.1. The van der Waals surface area contributed by atoms with Crippen LogP contribution in [0, 0.1) is 0 Å². The Bertz CT molecular complexity index is 463. The number of carbonyl (C=O) groups is 2. The number of aromatic nitrogens is 1. The van der Waals surface area contributed by atoms with E-state index in [2.05, 4.69) is 31.5 Å². The van der Waals surface area contributed by atoms with Crippen LogP contribution in [0.4, 0.5) is 4.79 Å². The number of halogens is 1. The maximum atomic E-state index is 11.5. The van der Waals surface area contributed by atoms with Crippen LogP contribution in [0.1, 0.15) is 19.4 Å². The molecule has 1 rings (SSSR count). The van der Waals surface area contributed by atoms with Crippen molar-refractivity contribution in [2.24, 2.45) is 0 Å². The number of pyridine rings is 1. The molecule has 18 heavy (non-hydrogen) atoms. The zero-order chi connectivity index (χ0) is 13.8. The molecule has 0 radical (unpaired) electrons. The van der Waals surface area contributed by atoms with E-state index >= 15 is 0 Å². The normalized spacial score (nSPS) is 10.8. The molecular weight excluding hydrogens is 302 g/mol. The van der Waals surface area contributed by atoms with Crippen LogP contribution in [0.25, 0.3) is 0 Å². The number of carboxylic acid groups (broad SMARTS) is 1. The van der Waals surface area contributed by atoms with Gasteiger partial charge in [0.2, 0.25) is 0 Å². The Balaban J connectivity index is 2.50. The van der Waals surface area contributed by atoms with Gasteiger partial charge < -0.3 is 15.7 Å². The standard InChI is InChI=1S/C11H14BrN3O3/c1-11(2,9(16)17)15-10(18)14-5-7-3-8(12)6-13-4-7/h3-4,6H,5H2,1-2H3,(H,16,17)(H2,14,15,18). The fourth-order valence-corrected chi connectivity index (χ4v) is 1.53. The van der Waals surface area contributed by atoms with E-state index in [4.69, 9.17) is 5.11 Å². The van der Waals surface area contributed by atoms with Crippen LogP contribution in [0.3, 0.4) is 0 Å². The molecule has 0 saturated heterocycles. The summed E-state index contributed by atoms with van der Waals surface area (Å²) in [4.78, 5) is 26.3. The zero-order valence-corrected chi connectivity index (χ0v) is 11.6. The molecule has 1 aromatic rings. The van der Waals surface area contributed by atoms with Crippen molar-refractivity contribution in [3.05, 3.63) is 28.5 Å². The van der Waals surface area contributed by atoms with Gasteiger partial charge in [0.1, 0.15) is 5.54 Å². The Morgan fingerprint density at radius 3 is 2.67 bits per heavy atom. The highest BCUT2D eigenvalue weighted by Crippen LogP contribution is 2.09. The van der Waals surface area contributed by atoms with Crippen molar-refractivity contribution >= 4 is 27.9 Å². The summed E-state index contributed by atoms with van der Waals surface area (Å²) in [5.74, 6) is -1.10. The van der Waals surface area contributed by atoms with E-state index in [9.17, 15) is 9.59 Å². The maximum absolute atomic E-state index is 11.5. The molecule has 0 atom stereocenters. The highest BCUT2D eigenvalue weighted by molar-refractivity contribution is 9.10. The van der Waals surface area contributed by atoms with Crippen LogP contribution in [-0.4, -0.2) is 27.6 Å². The van der Waals surface area contributed by atoms with Gasteiger partial charge >= 0.3 is 12.0 Å². The highest BCUT2D eigenvalue weighted by Gasteiger charge is 2.28. The maximum Gasteiger partial charge on any atom is 0.328 e. The summed E-state index contributed by atoms with van der Waals surface area (Å²) in [6, 6.07) is 1.28. The van der Waals surface area contributed by atoms with E-state index in [1.54, 1.807) is 12.4 Å². The van der Waals surface area contributed by atoms with Crippen molar-refractivity contribution in [1.82, 2.24) is 15.6 Å². The highest BCUT2D eigenvalue weighted by atomic mass is 79.9. The van der Waals surface area contributed by atoms with Gasteiger partial charge in [-0.15, -0.1) is 0 Å². The molecule has 3 N–H and O–H groups in total. The Hall–Kier alpha value is -1.63. The molecule has 0 fully saturated rings. The average Bonchev–Trinajstić information content (AvgIpc) is 2.25. The number of carboxylic acids is 1. The summed E-state index contributed by atoms with van der Waals surface area (Å²) in [5, 5.41) is 13.8. The molecule has 1 heterocycles. The van der Waals surface area contributed by atoms with E-state index in [-0.39, 0.29) is 6.54 Å². The molecule has 0 aromatic carbocycles. The van der Waals surface area contributed by atoms with Crippen LogP contribution in [-0.2, 0) is 11.3 Å². The number of hydrogen-bond donors (Lipinski definition) is 3. The lowest BCUT2D eigenvalue weighted by Gasteiger charge is -2.21. The lowest BCUT2D eigenvalue weighted by Crippen LogP contribution is -2.52. The molecule has 0 aliphatic rings. The molecule has 2 amide bonds. The molecule has 7 heteroatoms. The van der Waals surface area contributed by atoms with Gasteiger partial charge in [0.15, 0.2) is 0 Å². The molecule has 6 nitrogen and oxygen atoms in total. The van der Waals surface area contributed by atoms with Gasteiger partial charge in [-0.1, -0.05) is 0 Å². The Labute approximate surface area is 113 Å². The van der Waals surface area contributed by atoms with E-state index in [1.165, 1.54) is 13.8 Å². The number of nitrogens with zero attached hydrogens (tertiary/aromatic N) is 1. The molecule has 0 unspecified atom stereocenters. The quantitative estimate of drug-likeness (QED) is 0.785. The predicted octanol–water partition coefficient (Wildman–Crippen LogP) is 1.51. The van der Waals surface area contributed by atoms with Crippen molar-refractivity contribution in [2.45, 2.75) is 25.9 Å². The smallest absolute Gasteiger partial charge is 0.328 e. The lowest BCUT2D eigenvalue weighted by molar-refractivity contribution is -0.142. The number of rotatable bonds is 4. The second-order valence-electron chi connectivity index (χ2n) is 4.25. The van der Waals surface area contributed by atoms with Crippen LogP contribution in [0.5, 0.6) is 0 Å². The van der Waals surface area contributed by atoms with E-state index in [0.29, 0.717) is 0 Å². The molecule has 0 spiro atoms. The second kappa shape index (κ2) is 5.81. The summed E-state index contributed by atoms with van der Waals surface area (Å²) in [6.07, 6.45) is 3.25. The first-order chi connectivity index (χ1) is 8.31. The van der Waals surface area contributed by atoms with Crippen molar-refractivity contribution in [2.75, 3.05) is 0 Å². The number of aliphatic carboxylic acids is 1. The van der Waals surface area contributed by atoms with Crippen LogP contribution in [0.2, 0.25) is 0 Å². The summed E-state index contributed by atoms with van der Waals surface area (Å²) in [7, 11) is 0. The third-order valence-corrected chi connectivity index (χ3v) is 2.61. The molecule has 0 bridgehead atoms. The Kier molecular flexibility index (Phi) is 4.66. The molecule has 0 saturated carbocycles. The third-order valence-electron chi connectivity index (χ3n) is 2.18. The van der Waals surface area contributed by atoms with Gasteiger partial charge in [0.05, 0.1) is 0 Å². The topological polar surface area (TPSA) is 91.3 Å². The summed E-state index contributed by atoms with van der Waals surface area (Å²) in [5.41, 5.74) is -0.493. The summed E-state index contributed by atoms with van der Waals surface area (Å²) >= 11 is 3.27. The minimum absolute atomic E-state index is 0.272. The first-order valence-corrected chi connectivity index (χ1v) is 5.99. The summed E-state index contributed by atoms with van der Waals surface area (Å²) < 4.78 is 0.813. The van der Waals surface area contributed by atoms with Gasteiger partial charge in [-0.25, -0.2) is 9.59 Å². The van der Waals surface area contributed by atoms with Crippen LogP contribution in [0.15, 0.2) is 22.9 Å². The predicted molar refractivity (Wildman–Crippen MR) is 69.0 cm³/mol. The molecule has 98 valence electrons. The van der Waals surface area contributed by atoms with Gasteiger partial charge in [0, 0.05) is 23.4 Å². The minimum Gasteiger partial charge on any atom is -0.480 e. The number of carbonyl (C=O) groups excluding carboxylic acids is 1. The third kappa shape index (κ3) is 4.33. The molecule has 1 aromatic heterocycles. The van der Waals surface area contributed by atoms with Crippen LogP contribution < -0.4 is 10.6 Å².